The summed E-state index contributed by atoms with van der Waals surface area (Å²) in [7, 11) is 0. The van der Waals surface area contributed by atoms with Crippen molar-refractivity contribution in [3.8, 4) is 0 Å². The molecule has 2 heterocycles. The number of likely N-dealkylation sites (tertiary alicyclic amines) is 1. The zero-order chi connectivity index (χ0) is 14.6. The number of hydrogen-bond acceptors (Lipinski definition) is 4. The minimum Gasteiger partial charge on any atom is -0.444 e. The first-order valence-electron chi connectivity index (χ1n) is 7.78. The number of rotatable bonds is 2. The van der Waals surface area contributed by atoms with Gasteiger partial charge in [0.2, 0.25) is 0 Å². The minimum absolute atomic E-state index is 0.154. The molecule has 0 spiro atoms. The summed E-state index contributed by atoms with van der Waals surface area (Å²) in [5.74, 6) is 0. The number of nitrogens with zero attached hydrogens (tertiary/aromatic N) is 1. The molecule has 0 saturated carbocycles. The molecular weight excluding hydrogens is 256 g/mol. The van der Waals surface area contributed by atoms with Crippen LogP contribution in [0.1, 0.15) is 46.5 Å². The molecule has 1 amide bonds. The van der Waals surface area contributed by atoms with E-state index in [0.29, 0.717) is 12.6 Å². The molecular formula is C15H28N2O3. The van der Waals surface area contributed by atoms with Gasteiger partial charge in [0.05, 0.1) is 18.8 Å². The van der Waals surface area contributed by atoms with Crippen LogP contribution < -0.4 is 5.32 Å². The SMILES string of the molecule is CC(C)(C)OC(=O)N1CCCC(OC2CCCNC2)C1. The van der Waals surface area contributed by atoms with Gasteiger partial charge in [0.1, 0.15) is 5.60 Å². The lowest BCUT2D eigenvalue weighted by Crippen LogP contribution is -2.47. The van der Waals surface area contributed by atoms with Crippen LogP contribution >= 0.6 is 0 Å². The number of hydrogen-bond donors (Lipinski definition) is 1. The molecule has 0 radical (unpaired) electrons. The molecule has 116 valence electrons. The van der Waals surface area contributed by atoms with E-state index in [1.807, 2.05) is 20.8 Å². The number of carbonyl (C=O) groups excluding carboxylic acids is 1. The van der Waals surface area contributed by atoms with Gasteiger partial charge in [0.15, 0.2) is 0 Å². The molecule has 2 aliphatic heterocycles. The van der Waals surface area contributed by atoms with Crippen molar-refractivity contribution in [3.63, 3.8) is 0 Å². The van der Waals surface area contributed by atoms with Crippen LogP contribution in [0.3, 0.4) is 0 Å². The third-order valence-electron chi connectivity index (χ3n) is 3.67. The van der Waals surface area contributed by atoms with Crippen molar-refractivity contribution >= 4 is 6.09 Å². The summed E-state index contributed by atoms with van der Waals surface area (Å²) in [5, 5.41) is 3.36. The highest BCUT2D eigenvalue weighted by atomic mass is 16.6. The van der Waals surface area contributed by atoms with Crippen LogP contribution in [0.5, 0.6) is 0 Å². The predicted octanol–water partition coefficient (Wildman–Crippen LogP) is 2.15. The van der Waals surface area contributed by atoms with Gasteiger partial charge >= 0.3 is 6.09 Å². The highest BCUT2D eigenvalue weighted by Gasteiger charge is 2.29. The highest BCUT2D eigenvalue weighted by Crippen LogP contribution is 2.19. The van der Waals surface area contributed by atoms with E-state index in [4.69, 9.17) is 9.47 Å². The molecule has 2 rings (SSSR count). The van der Waals surface area contributed by atoms with Crippen molar-refractivity contribution < 1.29 is 14.3 Å². The normalized spacial score (nSPS) is 28.2. The highest BCUT2D eigenvalue weighted by molar-refractivity contribution is 5.68. The van der Waals surface area contributed by atoms with E-state index < -0.39 is 5.60 Å². The Morgan fingerprint density at radius 1 is 1.20 bits per heavy atom. The Balaban J connectivity index is 1.80. The maximum absolute atomic E-state index is 12.1. The first-order chi connectivity index (χ1) is 9.44. The third kappa shape index (κ3) is 4.94. The fourth-order valence-electron chi connectivity index (χ4n) is 2.75. The fraction of sp³-hybridized carbons (Fsp3) is 0.933. The lowest BCUT2D eigenvalue weighted by molar-refractivity contribution is -0.0592. The van der Waals surface area contributed by atoms with Crippen LogP contribution in [0.25, 0.3) is 0 Å². The topological polar surface area (TPSA) is 50.8 Å². The maximum Gasteiger partial charge on any atom is 0.410 e. The molecule has 0 bridgehead atoms. The molecule has 2 fully saturated rings. The van der Waals surface area contributed by atoms with Gasteiger partial charge in [-0.3, -0.25) is 0 Å². The van der Waals surface area contributed by atoms with Gasteiger partial charge in [-0.25, -0.2) is 4.79 Å². The number of nitrogens with one attached hydrogen (secondary N) is 1. The Morgan fingerprint density at radius 3 is 2.60 bits per heavy atom. The Hall–Kier alpha value is -0.810. The molecule has 5 nitrogen and oxygen atoms in total. The second kappa shape index (κ2) is 6.76. The summed E-state index contributed by atoms with van der Waals surface area (Å²) in [6.45, 7) is 9.16. The summed E-state index contributed by atoms with van der Waals surface area (Å²) in [4.78, 5) is 13.9. The van der Waals surface area contributed by atoms with Crippen LogP contribution in [-0.4, -0.2) is 55.0 Å². The quantitative estimate of drug-likeness (QED) is 0.844. The largest absolute Gasteiger partial charge is 0.444 e. The lowest BCUT2D eigenvalue weighted by atomic mass is 10.1. The van der Waals surface area contributed by atoms with Crippen LogP contribution in [0, 0.1) is 0 Å². The number of carbonyl (C=O) groups is 1. The summed E-state index contributed by atoms with van der Waals surface area (Å²) < 4.78 is 11.6. The van der Waals surface area contributed by atoms with Gasteiger partial charge < -0.3 is 19.7 Å². The van der Waals surface area contributed by atoms with Gasteiger partial charge in [-0.2, -0.15) is 0 Å². The number of amides is 1. The molecule has 0 aliphatic carbocycles. The van der Waals surface area contributed by atoms with Gasteiger partial charge in [0, 0.05) is 13.1 Å². The van der Waals surface area contributed by atoms with E-state index in [-0.39, 0.29) is 12.2 Å². The Morgan fingerprint density at radius 2 is 1.95 bits per heavy atom. The van der Waals surface area contributed by atoms with E-state index in [0.717, 1.165) is 38.9 Å². The number of ether oxygens (including phenoxy) is 2. The molecule has 20 heavy (non-hydrogen) atoms. The molecule has 2 saturated heterocycles. The van der Waals surface area contributed by atoms with Crippen molar-refractivity contribution in [2.75, 3.05) is 26.2 Å². The Bertz CT molecular complexity index is 322. The molecule has 0 aromatic carbocycles. The second-order valence-electron chi connectivity index (χ2n) is 6.80. The van der Waals surface area contributed by atoms with Crippen molar-refractivity contribution in [1.29, 1.82) is 0 Å². The molecule has 0 aromatic heterocycles. The van der Waals surface area contributed by atoms with Gasteiger partial charge in [-0.1, -0.05) is 0 Å². The van der Waals surface area contributed by atoms with Crippen molar-refractivity contribution in [3.05, 3.63) is 0 Å². The van der Waals surface area contributed by atoms with Gasteiger partial charge in [-0.15, -0.1) is 0 Å². The number of piperidine rings is 2. The summed E-state index contributed by atoms with van der Waals surface area (Å²) >= 11 is 0. The van der Waals surface area contributed by atoms with E-state index >= 15 is 0 Å². The zero-order valence-corrected chi connectivity index (χ0v) is 13.0. The predicted molar refractivity (Wildman–Crippen MR) is 77.8 cm³/mol. The second-order valence-corrected chi connectivity index (χ2v) is 6.80. The van der Waals surface area contributed by atoms with Crippen LogP contribution in [0.4, 0.5) is 4.79 Å². The molecule has 5 heteroatoms. The first kappa shape index (κ1) is 15.6. The van der Waals surface area contributed by atoms with Gasteiger partial charge in [-0.05, 0) is 53.0 Å². The molecule has 0 aromatic rings. The standard InChI is InChI=1S/C15H28N2O3/c1-15(2,3)20-14(18)17-9-5-7-13(11-17)19-12-6-4-8-16-10-12/h12-13,16H,4-11H2,1-3H3. The minimum atomic E-state index is -0.432. The van der Waals surface area contributed by atoms with E-state index in [1.165, 1.54) is 6.42 Å². The van der Waals surface area contributed by atoms with Crippen molar-refractivity contribution in [2.45, 2.75) is 64.3 Å². The van der Waals surface area contributed by atoms with Crippen LogP contribution in [0.15, 0.2) is 0 Å². The zero-order valence-electron chi connectivity index (χ0n) is 13.0. The fourth-order valence-corrected chi connectivity index (χ4v) is 2.75. The van der Waals surface area contributed by atoms with Gasteiger partial charge in [0.25, 0.3) is 0 Å². The van der Waals surface area contributed by atoms with E-state index in [9.17, 15) is 4.79 Å². The van der Waals surface area contributed by atoms with Crippen LogP contribution in [0.2, 0.25) is 0 Å². The monoisotopic (exact) mass is 284 g/mol. The summed E-state index contributed by atoms with van der Waals surface area (Å²) in [6, 6.07) is 0. The van der Waals surface area contributed by atoms with Crippen molar-refractivity contribution in [1.82, 2.24) is 10.2 Å². The molecule has 2 aliphatic rings. The Kier molecular flexibility index (Phi) is 5.27. The van der Waals surface area contributed by atoms with E-state index in [2.05, 4.69) is 5.32 Å². The summed E-state index contributed by atoms with van der Waals surface area (Å²) in [5.41, 5.74) is -0.432. The third-order valence-corrected chi connectivity index (χ3v) is 3.67. The van der Waals surface area contributed by atoms with E-state index in [1.54, 1.807) is 4.90 Å². The Labute approximate surface area is 122 Å². The van der Waals surface area contributed by atoms with Crippen molar-refractivity contribution in [2.24, 2.45) is 0 Å². The molecule has 2 atom stereocenters. The maximum atomic E-state index is 12.1. The van der Waals surface area contributed by atoms with Crippen LogP contribution in [-0.2, 0) is 9.47 Å². The average molecular weight is 284 g/mol. The first-order valence-corrected chi connectivity index (χ1v) is 7.78. The average Bonchev–Trinajstić information content (AvgIpc) is 2.38. The lowest BCUT2D eigenvalue weighted by Gasteiger charge is -2.36. The summed E-state index contributed by atoms with van der Waals surface area (Å²) in [6.07, 6.45) is 4.56. The molecule has 1 N–H and O–H groups in total. The smallest absolute Gasteiger partial charge is 0.410 e. The molecule has 2 unspecified atom stereocenters.